The van der Waals surface area contributed by atoms with Gasteiger partial charge in [0.1, 0.15) is 16.3 Å². The van der Waals surface area contributed by atoms with E-state index < -0.39 is 0 Å². The molecule has 0 bridgehead atoms. The minimum Gasteiger partial charge on any atom is -0.497 e. The van der Waals surface area contributed by atoms with Crippen molar-refractivity contribution < 1.29 is 9.47 Å². The summed E-state index contributed by atoms with van der Waals surface area (Å²) in [5.41, 5.74) is 1.38. The Balaban J connectivity index is 1.49. The van der Waals surface area contributed by atoms with Crippen molar-refractivity contribution >= 4 is 33.3 Å². The van der Waals surface area contributed by atoms with Crippen LogP contribution in [0.5, 0.6) is 11.5 Å². The van der Waals surface area contributed by atoms with Crippen LogP contribution in [0, 0.1) is 0 Å². The van der Waals surface area contributed by atoms with Crippen molar-refractivity contribution in [3.63, 3.8) is 0 Å². The van der Waals surface area contributed by atoms with Gasteiger partial charge in [0.05, 0.1) is 19.1 Å². The molecule has 0 saturated heterocycles. The van der Waals surface area contributed by atoms with E-state index in [1.54, 1.807) is 30.2 Å². The Morgan fingerprint density at radius 1 is 1.21 bits per heavy atom. The van der Waals surface area contributed by atoms with Crippen molar-refractivity contribution in [2.75, 3.05) is 19.5 Å². The largest absolute Gasteiger partial charge is 0.497 e. The number of methoxy groups -OCH3 is 1. The van der Waals surface area contributed by atoms with E-state index in [9.17, 15) is 4.79 Å². The van der Waals surface area contributed by atoms with Crippen LogP contribution in [-0.2, 0) is 19.4 Å². The van der Waals surface area contributed by atoms with Gasteiger partial charge in [-0.15, -0.1) is 11.3 Å². The molecule has 1 aliphatic carbocycles. The van der Waals surface area contributed by atoms with Gasteiger partial charge in [-0.25, -0.2) is 4.98 Å². The highest BCUT2D eigenvalue weighted by atomic mass is 32.2. The first kappa shape index (κ1) is 19.3. The topological polar surface area (TPSA) is 53.4 Å². The van der Waals surface area contributed by atoms with Crippen LogP contribution >= 0.6 is 23.1 Å². The Morgan fingerprint density at radius 2 is 2.00 bits per heavy atom. The standard InChI is InChI=1S/C21H24N2O3S2/c1-3-11-23-20(24)18-16-5-4-6-17(16)28-19(18)22-21(23)27-13-12-26-15-9-7-14(25-2)8-10-15/h7-10H,3-6,11-13H2,1-2H3. The molecule has 0 saturated carbocycles. The summed E-state index contributed by atoms with van der Waals surface area (Å²) in [5.74, 6) is 2.36. The highest BCUT2D eigenvalue weighted by Gasteiger charge is 2.23. The maximum absolute atomic E-state index is 13.1. The lowest BCUT2D eigenvalue weighted by Gasteiger charge is -2.12. The minimum absolute atomic E-state index is 0.129. The number of aromatic nitrogens is 2. The Hall–Kier alpha value is -1.99. The van der Waals surface area contributed by atoms with Crippen LogP contribution in [0.1, 0.15) is 30.2 Å². The molecule has 0 unspecified atom stereocenters. The number of thioether (sulfide) groups is 1. The molecule has 28 heavy (non-hydrogen) atoms. The van der Waals surface area contributed by atoms with Crippen LogP contribution in [0.15, 0.2) is 34.2 Å². The molecule has 2 aromatic heterocycles. The van der Waals surface area contributed by atoms with E-state index in [4.69, 9.17) is 14.5 Å². The van der Waals surface area contributed by atoms with Gasteiger partial charge in [0, 0.05) is 17.2 Å². The van der Waals surface area contributed by atoms with Crippen molar-refractivity contribution in [3.8, 4) is 11.5 Å². The summed E-state index contributed by atoms with van der Waals surface area (Å²) in [7, 11) is 1.65. The van der Waals surface area contributed by atoms with E-state index in [0.717, 1.165) is 58.3 Å². The van der Waals surface area contributed by atoms with E-state index in [1.807, 2.05) is 28.8 Å². The molecule has 0 spiro atoms. The second-order valence-electron chi connectivity index (χ2n) is 6.76. The lowest BCUT2D eigenvalue weighted by atomic mass is 10.2. The number of hydrogen-bond donors (Lipinski definition) is 0. The molecule has 0 fully saturated rings. The van der Waals surface area contributed by atoms with Crippen molar-refractivity contribution in [2.24, 2.45) is 0 Å². The summed E-state index contributed by atoms with van der Waals surface area (Å²) in [6.07, 6.45) is 4.17. The van der Waals surface area contributed by atoms with E-state index >= 15 is 0 Å². The fourth-order valence-corrected chi connectivity index (χ4v) is 5.70. The number of rotatable bonds is 8. The Kier molecular flexibility index (Phi) is 5.92. The van der Waals surface area contributed by atoms with Gasteiger partial charge in [-0.05, 0) is 55.5 Å². The molecular formula is C21H24N2O3S2. The van der Waals surface area contributed by atoms with Gasteiger partial charge < -0.3 is 9.47 Å². The number of thiophene rings is 1. The van der Waals surface area contributed by atoms with Gasteiger partial charge >= 0.3 is 0 Å². The van der Waals surface area contributed by atoms with Crippen LogP contribution < -0.4 is 15.0 Å². The lowest BCUT2D eigenvalue weighted by Crippen LogP contribution is -2.23. The van der Waals surface area contributed by atoms with Crippen LogP contribution in [0.4, 0.5) is 0 Å². The van der Waals surface area contributed by atoms with Crippen molar-refractivity contribution in [1.82, 2.24) is 9.55 Å². The fourth-order valence-electron chi connectivity index (χ4n) is 3.55. The average Bonchev–Trinajstić information content (AvgIpc) is 3.29. The fraction of sp³-hybridized carbons (Fsp3) is 0.429. The van der Waals surface area contributed by atoms with Gasteiger partial charge in [-0.1, -0.05) is 18.7 Å². The van der Waals surface area contributed by atoms with Crippen molar-refractivity contribution in [1.29, 1.82) is 0 Å². The second kappa shape index (κ2) is 8.57. The van der Waals surface area contributed by atoms with Crippen LogP contribution in [-0.4, -0.2) is 29.0 Å². The van der Waals surface area contributed by atoms with Crippen molar-refractivity contribution in [2.45, 2.75) is 44.3 Å². The first-order valence-electron chi connectivity index (χ1n) is 9.66. The predicted octanol–water partition coefficient (Wildman–Crippen LogP) is 4.54. The monoisotopic (exact) mass is 416 g/mol. The molecular weight excluding hydrogens is 392 g/mol. The van der Waals surface area contributed by atoms with Gasteiger partial charge in [-0.3, -0.25) is 9.36 Å². The second-order valence-corrected chi connectivity index (χ2v) is 8.91. The molecule has 0 amide bonds. The first-order valence-corrected chi connectivity index (χ1v) is 11.5. The Bertz CT molecular complexity index is 1020. The molecule has 0 atom stereocenters. The summed E-state index contributed by atoms with van der Waals surface area (Å²) < 4.78 is 12.8. The molecule has 1 aromatic carbocycles. The molecule has 0 N–H and O–H groups in total. The first-order chi connectivity index (χ1) is 13.7. The number of hydrogen-bond acceptors (Lipinski definition) is 6. The van der Waals surface area contributed by atoms with Gasteiger partial charge in [-0.2, -0.15) is 0 Å². The van der Waals surface area contributed by atoms with E-state index in [2.05, 4.69) is 6.92 Å². The third-order valence-corrected chi connectivity index (χ3v) is 7.01. The van der Waals surface area contributed by atoms with E-state index in [1.165, 1.54) is 10.4 Å². The summed E-state index contributed by atoms with van der Waals surface area (Å²) in [5, 5.41) is 1.67. The smallest absolute Gasteiger partial charge is 0.263 e. The third-order valence-electron chi connectivity index (χ3n) is 4.88. The zero-order valence-corrected chi connectivity index (χ0v) is 17.8. The van der Waals surface area contributed by atoms with Crippen LogP contribution in [0.3, 0.4) is 0 Å². The van der Waals surface area contributed by atoms with Gasteiger partial charge in [0.15, 0.2) is 5.16 Å². The Labute approximate surface area is 172 Å². The van der Waals surface area contributed by atoms with Gasteiger partial charge in [0.2, 0.25) is 0 Å². The van der Waals surface area contributed by atoms with Gasteiger partial charge in [0.25, 0.3) is 5.56 Å². The minimum atomic E-state index is 0.129. The molecule has 0 aliphatic heterocycles. The third kappa shape index (κ3) is 3.78. The highest BCUT2D eigenvalue weighted by molar-refractivity contribution is 7.99. The zero-order valence-electron chi connectivity index (χ0n) is 16.2. The SMILES string of the molecule is CCCn1c(SCCOc2ccc(OC)cc2)nc2sc3c(c2c1=O)CCC3. The summed E-state index contributed by atoms with van der Waals surface area (Å²) in [4.78, 5) is 20.3. The number of benzene rings is 1. The van der Waals surface area contributed by atoms with Crippen LogP contribution in [0.25, 0.3) is 10.2 Å². The zero-order chi connectivity index (χ0) is 19.5. The molecule has 1 aliphatic rings. The summed E-state index contributed by atoms with van der Waals surface area (Å²) in [6.45, 7) is 3.35. The Morgan fingerprint density at radius 3 is 2.75 bits per heavy atom. The summed E-state index contributed by atoms with van der Waals surface area (Å²) in [6, 6.07) is 7.56. The lowest BCUT2D eigenvalue weighted by molar-refractivity contribution is 0.342. The number of aryl methyl sites for hydroxylation is 2. The maximum Gasteiger partial charge on any atom is 0.263 e. The quantitative estimate of drug-likeness (QED) is 0.307. The van der Waals surface area contributed by atoms with E-state index in [0.29, 0.717) is 13.2 Å². The molecule has 148 valence electrons. The van der Waals surface area contributed by atoms with E-state index in [-0.39, 0.29) is 5.56 Å². The highest BCUT2D eigenvalue weighted by Crippen LogP contribution is 2.35. The molecule has 5 nitrogen and oxygen atoms in total. The molecule has 0 radical (unpaired) electrons. The molecule has 4 rings (SSSR count). The molecule has 2 heterocycles. The molecule has 7 heteroatoms. The number of fused-ring (bicyclic) bond motifs is 3. The number of nitrogens with zero attached hydrogens (tertiary/aromatic N) is 2. The molecule has 3 aromatic rings. The normalized spacial score (nSPS) is 13.1. The average molecular weight is 417 g/mol. The van der Waals surface area contributed by atoms with Crippen molar-refractivity contribution in [3.05, 3.63) is 45.1 Å². The van der Waals surface area contributed by atoms with Crippen LogP contribution in [0.2, 0.25) is 0 Å². The maximum atomic E-state index is 13.1. The number of ether oxygens (including phenoxy) is 2. The summed E-state index contributed by atoms with van der Waals surface area (Å²) >= 11 is 3.29. The predicted molar refractivity (Wildman–Crippen MR) is 115 cm³/mol.